The van der Waals surface area contributed by atoms with Crippen LogP contribution in [-0.2, 0) is 12.8 Å². The van der Waals surface area contributed by atoms with E-state index in [4.69, 9.17) is 5.11 Å². The van der Waals surface area contributed by atoms with Crippen LogP contribution >= 0.6 is 11.3 Å². The van der Waals surface area contributed by atoms with Crippen LogP contribution in [0.25, 0.3) is 0 Å². The maximum atomic E-state index is 11.1. The van der Waals surface area contributed by atoms with Crippen molar-refractivity contribution in [2.24, 2.45) is 0 Å². The Bertz CT molecular complexity index is 617. The molecule has 2 rings (SSSR count). The van der Waals surface area contributed by atoms with Crippen molar-refractivity contribution in [1.82, 2.24) is 4.98 Å². The van der Waals surface area contributed by atoms with E-state index in [1.807, 2.05) is 6.92 Å². The third kappa shape index (κ3) is 3.01. The van der Waals surface area contributed by atoms with Crippen molar-refractivity contribution < 1.29 is 9.90 Å². The van der Waals surface area contributed by atoms with E-state index < -0.39 is 5.97 Å². The summed E-state index contributed by atoms with van der Waals surface area (Å²) >= 11 is 1.29. The first-order valence-electron chi connectivity index (χ1n) is 6.29. The number of carboxylic acids is 1. The summed E-state index contributed by atoms with van der Waals surface area (Å²) in [5.74, 6) is -0.874. The number of hydrogen-bond donors (Lipinski definition) is 1. The molecule has 4 heteroatoms. The van der Waals surface area contributed by atoms with Crippen LogP contribution in [0.3, 0.4) is 0 Å². The topological polar surface area (TPSA) is 50.2 Å². The molecule has 0 aliphatic rings. The summed E-state index contributed by atoms with van der Waals surface area (Å²) < 4.78 is 0. The molecule has 3 nitrogen and oxygen atoms in total. The Morgan fingerprint density at radius 2 is 2.11 bits per heavy atom. The predicted molar refractivity (Wildman–Crippen MR) is 77.2 cm³/mol. The Kier molecular flexibility index (Phi) is 4.00. The highest BCUT2D eigenvalue weighted by molar-refractivity contribution is 7.13. The zero-order valence-electron chi connectivity index (χ0n) is 11.4. The fraction of sp³-hybridized carbons (Fsp3) is 0.333. The minimum atomic E-state index is -0.874. The van der Waals surface area contributed by atoms with Gasteiger partial charge < -0.3 is 5.11 Å². The molecular weight excluding hydrogens is 258 g/mol. The van der Waals surface area contributed by atoms with Gasteiger partial charge in [0.2, 0.25) is 0 Å². The molecule has 0 amide bonds. The first-order chi connectivity index (χ1) is 9.01. The molecule has 0 spiro atoms. The number of aromatic carboxylic acids is 1. The molecule has 0 aliphatic heterocycles. The van der Waals surface area contributed by atoms with Gasteiger partial charge in [0.1, 0.15) is 4.88 Å². The summed E-state index contributed by atoms with van der Waals surface area (Å²) in [6, 6.07) is 6.32. The van der Waals surface area contributed by atoms with E-state index in [9.17, 15) is 4.79 Å². The lowest BCUT2D eigenvalue weighted by Gasteiger charge is -2.04. The van der Waals surface area contributed by atoms with Crippen LogP contribution in [0.15, 0.2) is 18.2 Å². The summed E-state index contributed by atoms with van der Waals surface area (Å²) in [4.78, 5) is 16.0. The van der Waals surface area contributed by atoms with E-state index in [1.165, 1.54) is 28.0 Å². The van der Waals surface area contributed by atoms with Crippen LogP contribution in [0.4, 0.5) is 0 Å². The molecule has 0 radical (unpaired) electrons. The zero-order valence-corrected chi connectivity index (χ0v) is 12.2. The summed E-state index contributed by atoms with van der Waals surface area (Å²) in [6.07, 6.45) is 1.36. The van der Waals surface area contributed by atoms with Crippen LogP contribution in [0, 0.1) is 13.8 Å². The number of thiazole rings is 1. The molecule has 0 atom stereocenters. The average Bonchev–Trinajstić information content (AvgIpc) is 2.77. The van der Waals surface area contributed by atoms with Gasteiger partial charge in [0, 0.05) is 6.42 Å². The molecule has 0 aliphatic carbocycles. The van der Waals surface area contributed by atoms with Crippen LogP contribution in [0.1, 0.15) is 44.0 Å². The molecule has 0 saturated heterocycles. The average molecular weight is 275 g/mol. The van der Waals surface area contributed by atoms with Gasteiger partial charge in [-0.15, -0.1) is 11.3 Å². The van der Waals surface area contributed by atoms with Crippen LogP contribution in [-0.4, -0.2) is 16.1 Å². The fourth-order valence-electron chi connectivity index (χ4n) is 2.04. The molecule has 1 aromatic carbocycles. The number of hydrogen-bond acceptors (Lipinski definition) is 3. The van der Waals surface area contributed by atoms with Gasteiger partial charge in [-0.3, -0.25) is 0 Å². The fourth-order valence-corrected chi connectivity index (χ4v) is 3.05. The van der Waals surface area contributed by atoms with Gasteiger partial charge in [-0.1, -0.05) is 30.7 Å². The molecular formula is C15H17NO2S. The molecule has 0 unspecified atom stereocenters. The van der Waals surface area contributed by atoms with E-state index in [0.717, 1.165) is 5.01 Å². The lowest BCUT2D eigenvalue weighted by atomic mass is 10.0. The smallest absolute Gasteiger partial charge is 0.347 e. The van der Waals surface area contributed by atoms with Gasteiger partial charge in [-0.25, -0.2) is 9.78 Å². The lowest BCUT2D eigenvalue weighted by Crippen LogP contribution is -1.97. The van der Waals surface area contributed by atoms with Gasteiger partial charge in [0.25, 0.3) is 0 Å². The third-order valence-electron chi connectivity index (χ3n) is 3.12. The molecule has 2 aromatic rings. The molecule has 1 heterocycles. The van der Waals surface area contributed by atoms with Crippen molar-refractivity contribution in [3.63, 3.8) is 0 Å². The van der Waals surface area contributed by atoms with Gasteiger partial charge in [-0.2, -0.15) is 0 Å². The van der Waals surface area contributed by atoms with Crippen LogP contribution in [0.5, 0.6) is 0 Å². The Labute approximate surface area is 116 Å². The minimum Gasteiger partial charge on any atom is -0.477 e. The van der Waals surface area contributed by atoms with E-state index in [-0.39, 0.29) is 0 Å². The molecule has 0 saturated carbocycles. The highest BCUT2D eigenvalue weighted by atomic mass is 32.1. The zero-order chi connectivity index (χ0) is 14.0. The standard InChI is InChI=1S/C15H17NO2S/c1-4-12-14(15(17)18)19-13(16-12)8-11-7-9(2)5-6-10(11)3/h5-7H,4,8H2,1-3H3,(H,17,18). The molecule has 1 aromatic heterocycles. The second-order valence-corrected chi connectivity index (χ2v) is 5.73. The van der Waals surface area contributed by atoms with Gasteiger partial charge in [-0.05, 0) is 31.4 Å². The van der Waals surface area contributed by atoms with Crippen molar-refractivity contribution in [3.05, 3.63) is 50.5 Å². The van der Waals surface area contributed by atoms with Crippen LogP contribution in [0.2, 0.25) is 0 Å². The SMILES string of the molecule is CCc1nc(Cc2cc(C)ccc2C)sc1C(=O)O. The van der Waals surface area contributed by atoms with Crippen LogP contribution < -0.4 is 0 Å². The molecule has 0 bridgehead atoms. The second kappa shape index (κ2) is 5.53. The first-order valence-corrected chi connectivity index (χ1v) is 7.11. The number of carbonyl (C=O) groups is 1. The van der Waals surface area contributed by atoms with Crippen molar-refractivity contribution in [1.29, 1.82) is 0 Å². The number of aromatic nitrogens is 1. The number of carboxylic acid groups (broad SMARTS) is 1. The second-order valence-electron chi connectivity index (χ2n) is 4.65. The number of rotatable bonds is 4. The maximum Gasteiger partial charge on any atom is 0.347 e. The van der Waals surface area contributed by atoms with E-state index >= 15 is 0 Å². The normalized spacial score (nSPS) is 10.7. The van der Waals surface area contributed by atoms with E-state index in [1.54, 1.807) is 0 Å². The Morgan fingerprint density at radius 1 is 1.37 bits per heavy atom. The number of nitrogens with zero attached hydrogens (tertiary/aromatic N) is 1. The molecule has 19 heavy (non-hydrogen) atoms. The molecule has 100 valence electrons. The summed E-state index contributed by atoms with van der Waals surface area (Å²) in [5.41, 5.74) is 4.34. The predicted octanol–water partition coefficient (Wildman–Crippen LogP) is 3.61. The maximum absolute atomic E-state index is 11.1. The highest BCUT2D eigenvalue weighted by Gasteiger charge is 2.16. The summed E-state index contributed by atoms with van der Waals surface area (Å²) in [5, 5.41) is 10.0. The third-order valence-corrected chi connectivity index (χ3v) is 4.20. The van der Waals surface area contributed by atoms with Crippen molar-refractivity contribution in [2.45, 2.75) is 33.6 Å². The quantitative estimate of drug-likeness (QED) is 0.927. The number of benzene rings is 1. The summed E-state index contributed by atoms with van der Waals surface area (Å²) in [6.45, 7) is 6.06. The van der Waals surface area contributed by atoms with Gasteiger partial charge in [0.05, 0.1) is 10.7 Å². The van der Waals surface area contributed by atoms with Gasteiger partial charge in [0.15, 0.2) is 0 Å². The van der Waals surface area contributed by atoms with Crippen molar-refractivity contribution in [3.8, 4) is 0 Å². The van der Waals surface area contributed by atoms with E-state index in [2.05, 4.69) is 37.0 Å². The van der Waals surface area contributed by atoms with Crippen molar-refractivity contribution in [2.75, 3.05) is 0 Å². The summed E-state index contributed by atoms with van der Waals surface area (Å²) in [7, 11) is 0. The largest absolute Gasteiger partial charge is 0.477 e. The number of aryl methyl sites for hydroxylation is 3. The Hall–Kier alpha value is -1.68. The molecule has 0 fully saturated rings. The van der Waals surface area contributed by atoms with E-state index in [0.29, 0.717) is 23.4 Å². The van der Waals surface area contributed by atoms with Gasteiger partial charge >= 0.3 is 5.97 Å². The Balaban J connectivity index is 2.33. The first kappa shape index (κ1) is 13.7. The van der Waals surface area contributed by atoms with Crippen molar-refractivity contribution >= 4 is 17.3 Å². The lowest BCUT2D eigenvalue weighted by molar-refractivity contribution is 0.0701. The monoisotopic (exact) mass is 275 g/mol. The molecule has 1 N–H and O–H groups in total. The minimum absolute atomic E-state index is 0.378. The highest BCUT2D eigenvalue weighted by Crippen LogP contribution is 2.23. The Morgan fingerprint density at radius 3 is 2.68 bits per heavy atom.